The van der Waals surface area contributed by atoms with E-state index in [4.69, 9.17) is 14.2 Å². The number of sulfonamides is 1. The number of rotatable bonds is 15. The predicted molar refractivity (Wildman–Crippen MR) is 176 cm³/mol. The van der Waals surface area contributed by atoms with E-state index < -0.39 is 34.1 Å². The molecule has 45 heavy (non-hydrogen) atoms. The lowest BCUT2D eigenvalue weighted by atomic mass is 10.1. The first-order valence-corrected chi connectivity index (χ1v) is 16.4. The predicted octanol–water partition coefficient (Wildman–Crippen LogP) is 5.06. The van der Waals surface area contributed by atoms with Gasteiger partial charge in [0.15, 0.2) is 11.5 Å². The number of nitrogens with one attached hydrogen (secondary N) is 1. The second-order valence-corrected chi connectivity index (χ2v) is 13.3. The number of anilines is 1. The molecular formula is C34H45N3O7S. The van der Waals surface area contributed by atoms with Crippen molar-refractivity contribution >= 4 is 27.5 Å². The molecule has 0 radical (unpaired) electrons. The lowest BCUT2D eigenvalue weighted by Gasteiger charge is -2.34. The van der Waals surface area contributed by atoms with E-state index in [-0.39, 0.29) is 28.8 Å². The van der Waals surface area contributed by atoms with Crippen molar-refractivity contribution in [2.24, 2.45) is 0 Å². The Balaban J connectivity index is 2.08. The Hall–Kier alpha value is -4.25. The molecule has 0 aliphatic carbocycles. The minimum absolute atomic E-state index is 0.0878. The van der Waals surface area contributed by atoms with E-state index in [2.05, 4.69) is 5.32 Å². The van der Waals surface area contributed by atoms with E-state index in [1.807, 2.05) is 65.0 Å². The van der Waals surface area contributed by atoms with Crippen LogP contribution in [0.5, 0.6) is 17.2 Å². The molecule has 1 atom stereocenters. The zero-order valence-corrected chi connectivity index (χ0v) is 28.0. The number of ether oxygens (including phenoxy) is 3. The summed E-state index contributed by atoms with van der Waals surface area (Å²) in [4.78, 5) is 29.1. The van der Waals surface area contributed by atoms with Gasteiger partial charge in [0.1, 0.15) is 18.3 Å². The molecule has 0 aliphatic heterocycles. The molecule has 0 saturated carbocycles. The largest absolute Gasteiger partial charge is 0.494 e. The molecule has 0 unspecified atom stereocenters. The second kappa shape index (κ2) is 15.7. The molecule has 2 amide bonds. The van der Waals surface area contributed by atoms with Crippen LogP contribution in [0.4, 0.5) is 5.69 Å². The summed E-state index contributed by atoms with van der Waals surface area (Å²) in [5.74, 6) is 0.334. The van der Waals surface area contributed by atoms with Gasteiger partial charge < -0.3 is 24.4 Å². The molecule has 0 aliphatic rings. The first-order valence-electron chi connectivity index (χ1n) is 15.0. The van der Waals surface area contributed by atoms with Crippen molar-refractivity contribution in [3.05, 3.63) is 78.4 Å². The van der Waals surface area contributed by atoms with Crippen LogP contribution in [0.1, 0.15) is 46.6 Å². The molecule has 0 spiro atoms. The Morgan fingerprint density at radius 1 is 0.889 bits per heavy atom. The summed E-state index contributed by atoms with van der Waals surface area (Å²) < 4.78 is 45.8. The highest BCUT2D eigenvalue weighted by Crippen LogP contribution is 2.33. The minimum Gasteiger partial charge on any atom is -0.494 e. The van der Waals surface area contributed by atoms with Gasteiger partial charge in [-0.15, -0.1) is 0 Å². The van der Waals surface area contributed by atoms with Crippen molar-refractivity contribution in [3.63, 3.8) is 0 Å². The highest BCUT2D eigenvalue weighted by atomic mass is 32.2. The zero-order valence-electron chi connectivity index (χ0n) is 27.2. The van der Waals surface area contributed by atoms with Crippen LogP contribution in [0.3, 0.4) is 0 Å². The molecule has 3 aromatic carbocycles. The molecule has 10 nitrogen and oxygen atoms in total. The zero-order chi connectivity index (χ0) is 33.2. The fourth-order valence-corrected chi connectivity index (χ4v) is 6.29. The molecule has 0 fully saturated rings. The maximum absolute atomic E-state index is 14.3. The molecule has 0 heterocycles. The number of carbonyl (C=O) groups is 2. The van der Waals surface area contributed by atoms with Gasteiger partial charge in [0.05, 0.1) is 31.4 Å². The maximum atomic E-state index is 14.3. The van der Waals surface area contributed by atoms with Gasteiger partial charge in [-0.25, -0.2) is 8.42 Å². The standard InChI is InChI=1S/C34H45N3O7S/c1-8-29(33(39)35-34(3,4)5)36(22-21-25-13-11-10-12-14-25)32(38)24-37(26-15-17-27(18-16-26)44-9-2)45(40,41)28-19-20-30(42-6)31(23-28)43-7/h10-20,23,29H,8-9,21-22,24H2,1-7H3,(H,35,39)/t29-/m1/s1. The molecule has 0 bridgehead atoms. The fraction of sp³-hybridized carbons (Fsp3) is 0.412. The summed E-state index contributed by atoms with van der Waals surface area (Å²) in [6.07, 6.45) is 0.825. The molecule has 1 N–H and O–H groups in total. The van der Waals surface area contributed by atoms with Gasteiger partial charge in [0.2, 0.25) is 11.8 Å². The van der Waals surface area contributed by atoms with Crippen LogP contribution in [0.25, 0.3) is 0 Å². The Morgan fingerprint density at radius 3 is 2.09 bits per heavy atom. The van der Waals surface area contributed by atoms with Crippen molar-refractivity contribution in [1.82, 2.24) is 10.2 Å². The van der Waals surface area contributed by atoms with Gasteiger partial charge in [0.25, 0.3) is 10.0 Å². The quantitative estimate of drug-likeness (QED) is 0.247. The first kappa shape index (κ1) is 35.2. The summed E-state index contributed by atoms with van der Waals surface area (Å²) in [5.41, 5.74) is 0.725. The average Bonchev–Trinajstić information content (AvgIpc) is 3.01. The van der Waals surface area contributed by atoms with Gasteiger partial charge in [-0.1, -0.05) is 37.3 Å². The molecular weight excluding hydrogens is 594 g/mol. The number of methoxy groups -OCH3 is 2. The number of hydrogen-bond donors (Lipinski definition) is 1. The van der Waals surface area contributed by atoms with E-state index in [9.17, 15) is 18.0 Å². The SMILES string of the molecule is CCOc1ccc(N(CC(=O)N(CCc2ccccc2)[C@H](CC)C(=O)NC(C)(C)C)S(=O)(=O)c2ccc(OC)c(OC)c2)cc1. The molecule has 0 saturated heterocycles. The van der Waals surface area contributed by atoms with Crippen LogP contribution in [0.2, 0.25) is 0 Å². The van der Waals surface area contributed by atoms with E-state index >= 15 is 0 Å². The Bertz CT molecular complexity index is 1520. The third kappa shape index (κ3) is 9.37. The minimum atomic E-state index is -4.31. The van der Waals surface area contributed by atoms with Gasteiger partial charge >= 0.3 is 0 Å². The van der Waals surface area contributed by atoms with Crippen LogP contribution in [-0.4, -0.2) is 70.6 Å². The third-order valence-corrected chi connectivity index (χ3v) is 8.80. The van der Waals surface area contributed by atoms with Gasteiger partial charge in [-0.3, -0.25) is 13.9 Å². The number of amides is 2. The average molecular weight is 640 g/mol. The van der Waals surface area contributed by atoms with Gasteiger partial charge in [0, 0.05) is 18.2 Å². The molecule has 3 aromatic rings. The van der Waals surface area contributed by atoms with Crippen LogP contribution < -0.4 is 23.8 Å². The normalized spacial score (nSPS) is 12.2. The Morgan fingerprint density at radius 2 is 1.53 bits per heavy atom. The molecule has 3 rings (SSSR count). The summed E-state index contributed by atoms with van der Waals surface area (Å²) in [6, 6.07) is 19.6. The number of hydrogen-bond acceptors (Lipinski definition) is 7. The highest BCUT2D eigenvalue weighted by Gasteiger charge is 2.34. The summed E-state index contributed by atoms with van der Waals surface area (Å²) in [6.45, 7) is 9.41. The Labute approximate surface area is 267 Å². The number of carbonyl (C=O) groups excluding carboxylic acids is 2. The number of nitrogens with zero attached hydrogens (tertiary/aromatic N) is 2. The molecule has 11 heteroatoms. The Kier molecular flexibility index (Phi) is 12.3. The third-order valence-electron chi connectivity index (χ3n) is 7.03. The summed E-state index contributed by atoms with van der Waals surface area (Å²) in [7, 11) is -1.43. The maximum Gasteiger partial charge on any atom is 0.264 e. The van der Waals surface area contributed by atoms with E-state index in [0.29, 0.717) is 30.9 Å². The monoisotopic (exact) mass is 639 g/mol. The molecule has 244 valence electrons. The van der Waals surface area contributed by atoms with Crippen LogP contribution in [0, 0.1) is 0 Å². The van der Waals surface area contributed by atoms with Crippen molar-refractivity contribution in [3.8, 4) is 17.2 Å². The first-order chi connectivity index (χ1) is 21.3. The molecule has 0 aromatic heterocycles. The van der Waals surface area contributed by atoms with E-state index in [1.54, 1.807) is 24.3 Å². The topological polar surface area (TPSA) is 114 Å². The van der Waals surface area contributed by atoms with Crippen molar-refractivity contribution in [1.29, 1.82) is 0 Å². The van der Waals surface area contributed by atoms with Crippen LogP contribution >= 0.6 is 0 Å². The van der Waals surface area contributed by atoms with Crippen molar-refractivity contribution < 1.29 is 32.2 Å². The van der Waals surface area contributed by atoms with E-state index in [0.717, 1.165) is 9.87 Å². The van der Waals surface area contributed by atoms with Crippen molar-refractivity contribution in [2.75, 3.05) is 38.2 Å². The van der Waals surface area contributed by atoms with Gasteiger partial charge in [-0.2, -0.15) is 0 Å². The van der Waals surface area contributed by atoms with E-state index in [1.165, 1.54) is 37.3 Å². The van der Waals surface area contributed by atoms with Crippen LogP contribution in [0.15, 0.2) is 77.7 Å². The second-order valence-electron chi connectivity index (χ2n) is 11.4. The fourth-order valence-electron chi connectivity index (χ4n) is 4.86. The number of benzene rings is 3. The smallest absolute Gasteiger partial charge is 0.264 e. The highest BCUT2D eigenvalue weighted by molar-refractivity contribution is 7.92. The van der Waals surface area contributed by atoms with Crippen molar-refractivity contribution in [2.45, 2.75) is 63.9 Å². The summed E-state index contributed by atoms with van der Waals surface area (Å²) in [5, 5.41) is 2.98. The van der Waals surface area contributed by atoms with Crippen LogP contribution in [-0.2, 0) is 26.0 Å². The van der Waals surface area contributed by atoms with Gasteiger partial charge in [-0.05, 0) is 82.5 Å². The lowest BCUT2D eigenvalue weighted by molar-refractivity contribution is -0.140. The lowest BCUT2D eigenvalue weighted by Crippen LogP contribution is -2.56. The summed E-state index contributed by atoms with van der Waals surface area (Å²) >= 11 is 0.